The summed E-state index contributed by atoms with van der Waals surface area (Å²) < 4.78 is 7.93. The maximum absolute atomic E-state index is 13.5. The van der Waals surface area contributed by atoms with Gasteiger partial charge in [0.15, 0.2) is 0 Å². The minimum Gasteiger partial charge on any atom is -0.370 e. The van der Waals surface area contributed by atoms with Crippen LogP contribution in [-0.4, -0.2) is 75.4 Å². The van der Waals surface area contributed by atoms with Crippen LogP contribution in [0.3, 0.4) is 0 Å². The van der Waals surface area contributed by atoms with E-state index in [2.05, 4.69) is 31.6 Å². The molecule has 1 saturated carbocycles. The highest BCUT2D eigenvalue weighted by Crippen LogP contribution is 2.35. The van der Waals surface area contributed by atoms with E-state index < -0.39 is 6.04 Å². The molecule has 5 rings (SSSR count). The lowest BCUT2D eigenvalue weighted by Gasteiger charge is -2.39. The van der Waals surface area contributed by atoms with Gasteiger partial charge in [-0.25, -0.2) is 4.68 Å². The van der Waals surface area contributed by atoms with Crippen LogP contribution >= 0.6 is 15.9 Å². The maximum atomic E-state index is 13.5. The average molecular weight is 545 g/mol. The Labute approximate surface area is 212 Å². The molecule has 3 aliphatic rings. The number of amides is 3. The Balaban J connectivity index is 1.20. The van der Waals surface area contributed by atoms with Crippen molar-refractivity contribution in [1.29, 1.82) is 0 Å². The van der Waals surface area contributed by atoms with Gasteiger partial charge < -0.3 is 19.9 Å². The van der Waals surface area contributed by atoms with Crippen molar-refractivity contribution in [2.24, 2.45) is 5.92 Å². The Morgan fingerprint density at radius 1 is 1.17 bits per heavy atom. The number of carbonyl (C=O) groups is 3. The van der Waals surface area contributed by atoms with Crippen LogP contribution in [0.1, 0.15) is 49.0 Å². The SMILES string of the molecule is O=C1NCCN(C(=O)C2CCC(n3cc(CN4CCOCC4=O)nn3)CC2)C1c1cccc(Br)c1. The second-order valence-electron chi connectivity index (χ2n) is 9.34. The number of piperazine rings is 1. The molecule has 0 bridgehead atoms. The van der Waals surface area contributed by atoms with E-state index in [-0.39, 0.29) is 36.3 Å². The fraction of sp³-hybridized carbons (Fsp3) is 0.542. The molecule has 2 saturated heterocycles. The minimum atomic E-state index is -0.604. The predicted octanol–water partition coefficient (Wildman–Crippen LogP) is 1.83. The summed E-state index contributed by atoms with van der Waals surface area (Å²) >= 11 is 3.47. The van der Waals surface area contributed by atoms with Crippen molar-refractivity contribution in [2.45, 2.75) is 44.3 Å². The van der Waals surface area contributed by atoms with Crippen molar-refractivity contribution in [1.82, 2.24) is 30.1 Å². The number of aromatic nitrogens is 3. The number of benzene rings is 1. The molecular formula is C24H29BrN6O4. The first kappa shape index (κ1) is 23.9. The van der Waals surface area contributed by atoms with Crippen LogP contribution in [0, 0.1) is 5.92 Å². The second kappa shape index (κ2) is 10.4. The molecule has 1 aromatic carbocycles. The molecule has 1 atom stereocenters. The molecule has 186 valence electrons. The summed E-state index contributed by atoms with van der Waals surface area (Å²) in [6.45, 7) is 2.64. The van der Waals surface area contributed by atoms with Crippen LogP contribution in [0.2, 0.25) is 0 Å². The lowest BCUT2D eigenvalue weighted by molar-refractivity contribution is -0.147. The smallest absolute Gasteiger partial charge is 0.249 e. The number of morpholine rings is 1. The molecule has 1 unspecified atom stereocenters. The van der Waals surface area contributed by atoms with Crippen LogP contribution in [0.4, 0.5) is 0 Å². The molecule has 1 aliphatic carbocycles. The van der Waals surface area contributed by atoms with Crippen molar-refractivity contribution in [3.63, 3.8) is 0 Å². The summed E-state index contributed by atoms with van der Waals surface area (Å²) in [6, 6.07) is 7.16. The van der Waals surface area contributed by atoms with Gasteiger partial charge in [-0.2, -0.15) is 0 Å². The first-order chi connectivity index (χ1) is 17.0. The molecule has 2 aromatic rings. The lowest BCUT2D eigenvalue weighted by Crippen LogP contribution is -2.53. The Kier molecular flexibility index (Phi) is 7.14. The average Bonchev–Trinajstić information content (AvgIpc) is 3.33. The van der Waals surface area contributed by atoms with Gasteiger partial charge in [0.2, 0.25) is 17.7 Å². The number of rotatable bonds is 5. The molecule has 11 heteroatoms. The maximum Gasteiger partial charge on any atom is 0.249 e. The highest BCUT2D eigenvalue weighted by molar-refractivity contribution is 9.10. The number of carbonyl (C=O) groups excluding carboxylic acids is 3. The van der Waals surface area contributed by atoms with Crippen LogP contribution < -0.4 is 5.32 Å². The van der Waals surface area contributed by atoms with Gasteiger partial charge in [-0.05, 0) is 43.4 Å². The summed E-state index contributed by atoms with van der Waals surface area (Å²) in [5.41, 5.74) is 1.57. The first-order valence-electron chi connectivity index (χ1n) is 12.1. The standard InChI is InChI=1S/C24H29BrN6O4/c25-18-3-1-2-17(12-18)22-23(33)26-8-9-30(22)24(34)16-4-6-20(7-5-16)31-14-19(27-28-31)13-29-10-11-35-15-21(29)32/h1-3,12,14,16,20,22H,4-11,13,15H2,(H,26,33). The zero-order valence-corrected chi connectivity index (χ0v) is 21.0. The number of halogens is 1. The van der Waals surface area contributed by atoms with Crippen molar-refractivity contribution < 1.29 is 19.1 Å². The van der Waals surface area contributed by atoms with Crippen LogP contribution in [0.15, 0.2) is 34.9 Å². The van der Waals surface area contributed by atoms with E-state index in [1.165, 1.54) is 0 Å². The predicted molar refractivity (Wildman–Crippen MR) is 129 cm³/mol. The van der Waals surface area contributed by atoms with Gasteiger partial charge in [0.05, 0.1) is 25.4 Å². The second-order valence-corrected chi connectivity index (χ2v) is 10.3. The summed E-state index contributed by atoms with van der Waals surface area (Å²) in [4.78, 5) is 41.7. The quantitative estimate of drug-likeness (QED) is 0.614. The molecule has 0 spiro atoms. The molecule has 0 radical (unpaired) electrons. The monoisotopic (exact) mass is 544 g/mol. The van der Waals surface area contributed by atoms with Crippen LogP contribution in [0.5, 0.6) is 0 Å². The van der Waals surface area contributed by atoms with Gasteiger partial charge in [0.25, 0.3) is 0 Å². The molecule has 3 amide bonds. The zero-order chi connectivity index (χ0) is 24.4. The fourth-order valence-corrected chi connectivity index (χ4v) is 5.63. The number of hydrogen-bond acceptors (Lipinski definition) is 6. The van der Waals surface area contributed by atoms with Crippen molar-refractivity contribution >= 4 is 33.7 Å². The molecule has 1 aromatic heterocycles. The number of ether oxygens (including phenoxy) is 1. The molecule has 10 nitrogen and oxygen atoms in total. The molecular weight excluding hydrogens is 516 g/mol. The van der Waals surface area contributed by atoms with Crippen molar-refractivity contribution in [2.75, 3.05) is 32.8 Å². The van der Waals surface area contributed by atoms with Crippen molar-refractivity contribution in [3.8, 4) is 0 Å². The largest absolute Gasteiger partial charge is 0.370 e. The third-order valence-electron chi connectivity index (χ3n) is 7.07. The third-order valence-corrected chi connectivity index (χ3v) is 7.57. The number of nitrogens with zero attached hydrogens (tertiary/aromatic N) is 5. The lowest BCUT2D eigenvalue weighted by atomic mass is 9.84. The van der Waals surface area contributed by atoms with E-state index in [9.17, 15) is 14.4 Å². The van der Waals surface area contributed by atoms with Crippen LogP contribution in [0.25, 0.3) is 0 Å². The van der Waals surface area contributed by atoms with Crippen molar-refractivity contribution in [3.05, 3.63) is 46.2 Å². The van der Waals surface area contributed by atoms with E-state index in [4.69, 9.17) is 4.74 Å². The third kappa shape index (κ3) is 5.25. The first-order valence-corrected chi connectivity index (χ1v) is 12.9. The summed E-state index contributed by atoms with van der Waals surface area (Å²) in [6.07, 6.45) is 5.02. The Bertz CT molecular complexity index is 1100. The zero-order valence-electron chi connectivity index (χ0n) is 19.4. The van der Waals surface area contributed by atoms with Gasteiger partial charge in [-0.1, -0.05) is 33.3 Å². The molecule has 3 fully saturated rings. The van der Waals surface area contributed by atoms with Gasteiger partial charge in [-0.15, -0.1) is 5.10 Å². The molecule has 1 N–H and O–H groups in total. The molecule has 2 aliphatic heterocycles. The number of hydrogen-bond donors (Lipinski definition) is 1. The fourth-order valence-electron chi connectivity index (χ4n) is 5.21. The Hall–Kier alpha value is -2.79. The number of nitrogens with one attached hydrogen (secondary N) is 1. The highest BCUT2D eigenvalue weighted by Gasteiger charge is 2.38. The minimum absolute atomic E-state index is 0.0302. The van der Waals surface area contributed by atoms with Gasteiger partial charge in [0.1, 0.15) is 18.3 Å². The Morgan fingerprint density at radius 3 is 2.77 bits per heavy atom. The van der Waals surface area contributed by atoms with E-state index in [1.807, 2.05) is 35.1 Å². The van der Waals surface area contributed by atoms with E-state index in [1.54, 1.807) is 9.80 Å². The topological polar surface area (TPSA) is 110 Å². The van der Waals surface area contributed by atoms with E-state index >= 15 is 0 Å². The molecule has 3 heterocycles. The van der Waals surface area contributed by atoms with Gasteiger partial charge in [0, 0.05) is 30.0 Å². The van der Waals surface area contributed by atoms with Gasteiger partial charge in [-0.3, -0.25) is 14.4 Å². The van der Waals surface area contributed by atoms with Crippen LogP contribution in [-0.2, 0) is 25.7 Å². The highest BCUT2D eigenvalue weighted by atomic mass is 79.9. The van der Waals surface area contributed by atoms with E-state index in [0.29, 0.717) is 32.8 Å². The van der Waals surface area contributed by atoms with E-state index in [0.717, 1.165) is 41.4 Å². The summed E-state index contributed by atoms with van der Waals surface area (Å²) in [7, 11) is 0. The normalized spacial score (nSPS) is 25.5. The summed E-state index contributed by atoms with van der Waals surface area (Å²) in [5.74, 6) is -0.225. The Morgan fingerprint density at radius 2 is 2.00 bits per heavy atom. The summed E-state index contributed by atoms with van der Waals surface area (Å²) in [5, 5.41) is 11.5. The van der Waals surface area contributed by atoms with Gasteiger partial charge >= 0.3 is 0 Å². The molecule has 35 heavy (non-hydrogen) atoms.